The molecule has 0 amide bonds. The lowest BCUT2D eigenvalue weighted by atomic mass is 10.3. The Hall–Kier alpha value is -1.76. The van der Waals surface area contributed by atoms with Crippen LogP contribution in [0.15, 0.2) is 60.6 Å². The van der Waals surface area contributed by atoms with Gasteiger partial charge < -0.3 is 5.31 Å². The maximum Gasteiger partial charge on any atom is 0.167 e. The molecule has 1 N–H and O–H groups in total. The number of benzene rings is 2. The van der Waals surface area contributed by atoms with E-state index in [2.05, 4.69) is 0 Å². The Morgan fingerprint density at radius 1 is 0.846 bits per heavy atom. The van der Waals surface area contributed by atoms with Crippen molar-refractivity contribution in [3.05, 3.63) is 60.6 Å². The SMILES string of the molecule is [2H]c1ccc(N([2H])c2ccc([2H])cc2)cc1. The molecule has 2 aromatic carbocycles. The fourth-order valence-electron chi connectivity index (χ4n) is 1.05. The first kappa shape index (κ1) is 5.07. The summed E-state index contributed by atoms with van der Waals surface area (Å²) in [6.45, 7) is 0. The largest absolute Gasteiger partial charge is 0.356 e. The molecule has 0 aliphatic heterocycles. The van der Waals surface area contributed by atoms with E-state index in [4.69, 9.17) is 4.15 Å². The van der Waals surface area contributed by atoms with Gasteiger partial charge in [0.15, 0.2) is 1.41 Å². The normalized spacial score (nSPS) is 12.8. The summed E-state index contributed by atoms with van der Waals surface area (Å²) in [5, 5.41) is 1.28. The molecule has 0 radical (unpaired) electrons. The van der Waals surface area contributed by atoms with E-state index in [0.717, 1.165) is 0 Å². The van der Waals surface area contributed by atoms with Crippen molar-refractivity contribution in [1.29, 1.82) is 0 Å². The van der Waals surface area contributed by atoms with Gasteiger partial charge in [-0.15, -0.1) is 0 Å². The van der Waals surface area contributed by atoms with Crippen molar-refractivity contribution in [2.24, 2.45) is 0 Å². The summed E-state index contributed by atoms with van der Waals surface area (Å²) >= 11 is 0. The number of nitrogens with one attached hydrogen (secondary N) is 1. The Morgan fingerprint density at radius 2 is 1.23 bits per heavy atom. The Kier molecular flexibility index (Phi) is 1.47. The van der Waals surface area contributed by atoms with Crippen molar-refractivity contribution >= 4 is 11.4 Å². The average Bonchev–Trinajstić information content (AvgIpc) is 2.30. The number of hydrogen-bond donors (Lipinski definition) is 1. The summed E-state index contributed by atoms with van der Waals surface area (Å²) < 4.78 is 22.6. The van der Waals surface area contributed by atoms with Crippen molar-refractivity contribution in [3.8, 4) is 0 Å². The van der Waals surface area contributed by atoms with Crippen LogP contribution in [0.25, 0.3) is 0 Å². The molecule has 0 spiro atoms. The molecule has 0 heterocycles. The summed E-state index contributed by atoms with van der Waals surface area (Å²) in [6, 6.07) is 14.4. The summed E-state index contributed by atoms with van der Waals surface area (Å²) in [5.41, 5.74) is 1.41. The van der Waals surface area contributed by atoms with Gasteiger partial charge in [0.1, 0.15) is 0 Å². The molecule has 13 heavy (non-hydrogen) atoms. The number of para-hydroxylation sites is 2. The molecule has 0 fully saturated rings. The lowest BCUT2D eigenvalue weighted by Crippen LogP contribution is -1.87. The van der Waals surface area contributed by atoms with E-state index in [-0.39, 0.29) is 0 Å². The zero-order chi connectivity index (χ0) is 11.5. The van der Waals surface area contributed by atoms with Gasteiger partial charge in [0, 0.05) is 11.4 Å². The summed E-state index contributed by atoms with van der Waals surface area (Å²) in [7, 11) is 0. The maximum atomic E-state index is 7.91. The summed E-state index contributed by atoms with van der Waals surface area (Å²) in [6.07, 6.45) is 0. The van der Waals surface area contributed by atoms with Gasteiger partial charge in [0.2, 0.25) is 0 Å². The molecule has 2 rings (SSSR count). The van der Waals surface area contributed by atoms with Crippen LogP contribution < -0.4 is 5.31 Å². The summed E-state index contributed by atoms with van der Waals surface area (Å²) in [4.78, 5) is 0. The van der Waals surface area contributed by atoms with Crippen LogP contribution in [0.1, 0.15) is 2.74 Å². The van der Waals surface area contributed by atoms with E-state index in [1.54, 1.807) is 48.5 Å². The molecule has 64 valence electrons. The molecule has 0 bridgehead atoms. The zero-order valence-corrected chi connectivity index (χ0v) is 7.07. The highest BCUT2D eigenvalue weighted by Gasteiger charge is 1.89. The average molecular weight is 172 g/mol. The first-order valence-corrected chi connectivity index (χ1v) is 4.09. The Balaban J connectivity index is 2.28. The predicted octanol–water partition coefficient (Wildman–Crippen LogP) is 3.43. The topological polar surface area (TPSA) is 12.0 Å². The smallest absolute Gasteiger partial charge is 0.167 e. The summed E-state index contributed by atoms with van der Waals surface area (Å²) in [5.74, 6) is 0. The highest BCUT2D eigenvalue weighted by atomic mass is 14.9. The van der Waals surface area contributed by atoms with Crippen molar-refractivity contribution in [1.82, 2.24) is 0 Å². The minimum absolute atomic E-state index is 0.429. The van der Waals surface area contributed by atoms with Crippen LogP contribution >= 0.6 is 0 Å². The van der Waals surface area contributed by atoms with Crippen molar-refractivity contribution in [2.75, 3.05) is 5.31 Å². The molecule has 1 heteroatoms. The highest BCUT2D eigenvalue weighted by molar-refractivity contribution is 5.58. The zero-order valence-electron chi connectivity index (χ0n) is 10.1. The van der Waals surface area contributed by atoms with Crippen LogP contribution in [0, 0.1) is 0 Å². The van der Waals surface area contributed by atoms with E-state index >= 15 is 0 Å². The second-order valence-electron chi connectivity index (χ2n) is 2.63. The van der Waals surface area contributed by atoms with Crippen LogP contribution in [0.2, 0.25) is 1.41 Å². The lowest BCUT2D eigenvalue weighted by Gasteiger charge is -2.04. The van der Waals surface area contributed by atoms with Gasteiger partial charge in [-0.25, -0.2) is 0 Å². The maximum absolute atomic E-state index is 7.91. The number of rotatable bonds is 2. The van der Waals surface area contributed by atoms with Gasteiger partial charge in [-0.2, -0.15) is 0 Å². The second-order valence-corrected chi connectivity index (χ2v) is 2.63. The molecule has 0 unspecified atom stereocenters. The molecule has 0 saturated heterocycles. The van der Waals surface area contributed by atoms with Gasteiger partial charge in [-0.05, 0) is 24.3 Å². The fourth-order valence-corrected chi connectivity index (χ4v) is 1.05. The van der Waals surface area contributed by atoms with Gasteiger partial charge in [0.25, 0.3) is 0 Å². The van der Waals surface area contributed by atoms with Gasteiger partial charge >= 0.3 is 0 Å². The van der Waals surface area contributed by atoms with E-state index in [1.807, 2.05) is 0 Å². The van der Waals surface area contributed by atoms with Crippen LogP contribution in [0.4, 0.5) is 11.4 Å². The number of anilines is 2. The van der Waals surface area contributed by atoms with E-state index < -0.39 is 0 Å². The monoisotopic (exact) mass is 172 g/mol. The molecule has 0 aromatic heterocycles. The molecule has 0 aliphatic rings. The minimum atomic E-state index is 0.429. The lowest BCUT2D eigenvalue weighted by molar-refractivity contribution is 1.55. The standard InChI is InChI=1S/C12H11N/c1-3-7-11(8-4-1)13-12-9-5-2-6-10-12/h1-10,13H/i1D,2D/hD. The molecular formula is C12H11N. The van der Waals surface area contributed by atoms with Crippen LogP contribution in [-0.2, 0) is 0 Å². The molecule has 0 atom stereocenters. The third-order valence-corrected chi connectivity index (χ3v) is 1.66. The Labute approximate surface area is 82.3 Å². The number of hydrogen-bond acceptors (Lipinski definition) is 1. The van der Waals surface area contributed by atoms with Gasteiger partial charge in [-0.3, -0.25) is 0 Å². The van der Waals surface area contributed by atoms with E-state index in [9.17, 15) is 0 Å². The van der Waals surface area contributed by atoms with Gasteiger partial charge in [0.05, 0.1) is 2.74 Å². The quantitative estimate of drug-likeness (QED) is 0.731. The van der Waals surface area contributed by atoms with E-state index in [0.29, 0.717) is 23.5 Å². The predicted molar refractivity (Wildman–Crippen MR) is 56.2 cm³/mol. The molecule has 1 nitrogen and oxygen atoms in total. The van der Waals surface area contributed by atoms with Crippen LogP contribution in [-0.4, -0.2) is 0 Å². The van der Waals surface area contributed by atoms with Crippen LogP contribution in [0.3, 0.4) is 0 Å². The molecular weight excluding hydrogens is 158 g/mol. The highest BCUT2D eigenvalue weighted by Crippen LogP contribution is 2.14. The van der Waals surface area contributed by atoms with Crippen LogP contribution in [0.5, 0.6) is 0 Å². The third kappa shape index (κ3) is 2.09. The second kappa shape index (κ2) is 3.76. The molecule has 2 aromatic rings. The molecule has 0 saturated carbocycles. The Morgan fingerprint density at radius 3 is 1.62 bits per heavy atom. The molecule has 0 aliphatic carbocycles. The Bertz CT molecular complexity index is 419. The first-order valence-electron chi connectivity index (χ1n) is 5.54. The minimum Gasteiger partial charge on any atom is -0.356 e. The van der Waals surface area contributed by atoms with Gasteiger partial charge in [-0.1, -0.05) is 36.4 Å². The van der Waals surface area contributed by atoms with E-state index in [1.165, 1.54) is 5.31 Å². The first-order chi connectivity index (χ1) is 7.66. The third-order valence-electron chi connectivity index (χ3n) is 1.66. The van der Waals surface area contributed by atoms with Crippen molar-refractivity contribution in [2.45, 2.75) is 0 Å². The van der Waals surface area contributed by atoms with Crippen molar-refractivity contribution in [3.63, 3.8) is 0 Å². The fraction of sp³-hybridized carbons (Fsp3) is 0. The van der Waals surface area contributed by atoms with Crippen molar-refractivity contribution < 1.29 is 4.15 Å².